The third-order valence-electron chi connectivity index (χ3n) is 5.05. The van der Waals surface area contributed by atoms with Gasteiger partial charge in [-0.3, -0.25) is 19.1 Å². The van der Waals surface area contributed by atoms with Gasteiger partial charge >= 0.3 is 5.97 Å². The van der Waals surface area contributed by atoms with Crippen molar-refractivity contribution in [1.29, 1.82) is 0 Å². The number of sulfonamides is 1. The molecule has 3 aromatic carbocycles. The fraction of sp³-hybridized carbons (Fsp3) is 0.160. The molecule has 3 rings (SSSR count). The van der Waals surface area contributed by atoms with Crippen LogP contribution in [-0.4, -0.2) is 39.9 Å². The molecule has 0 aliphatic rings. The number of methoxy groups -OCH3 is 1. The quantitative estimate of drug-likeness (QED) is 0.411. The summed E-state index contributed by atoms with van der Waals surface area (Å²) in [7, 11) is -2.74. The van der Waals surface area contributed by atoms with Crippen LogP contribution in [0.2, 0.25) is 0 Å². The molecule has 2 amide bonds. The second kappa shape index (κ2) is 10.8. The molecule has 182 valence electrons. The van der Waals surface area contributed by atoms with E-state index in [-0.39, 0.29) is 28.3 Å². The molecule has 0 spiro atoms. The Morgan fingerprint density at radius 1 is 0.886 bits per heavy atom. The predicted molar refractivity (Wildman–Crippen MR) is 132 cm³/mol. The lowest BCUT2D eigenvalue weighted by atomic mass is 10.1. The predicted octanol–water partition coefficient (Wildman–Crippen LogP) is 3.26. The smallest absolute Gasteiger partial charge is 0.325 e. The summed E-state index contributed by atoms with van der Waals surface area (Å²) in [6.07, 6.45) is 0. The van der Waals surface area contributed by atoms with E-state index in [1.165, 1.54) is 31.4 Å². The van der Waals surface area contributed by atoms with Crippen molar-refractivity contribution < 1.29 is 27.5 Å². The van der Waals surface area contributed by atoms with Crippen molar-refractivity contribution in [2.45, 2.75) is 18.7 Å². The number of hydrogen-bond acceptors (Lipinski definition) is 6. The monoisotopic (exact) mass is 495 g/mol. The molecule has 10 heteroatoms. The van der Waals surface area contributed by atoms with E-state index in [0.29, 0.717) is 11.3 Å². The Morgan fingerprint density at radius 2 is 1.63 bits per heavy atom. The maximum Gasteiger partial charge on any atom is 0.325 e. The molecule has 0 radical (unpaired) electrons. The molecule has 0 bridgehead atoms. The summed E-state index contributed by atoms with van der Waals surface area (Å²) in [4.78, 5) is 36.6. The van der Waals surface area contributed by atoms with Gasteiger partial charge in [0.1, 0.15) is 6.54 Å². The van der Waals surface area contributed by atoms with Crippen molar-refractivity contribution in [3.8, 4) is 0 Å². The van der Waals surface area contributed by atoms with Crippen LogP contribution in [0.1, 0.15) is 31.8 Å². The van der Waals surface area contributed by atoms with Crippen molar-refractivity contribution >= 4 is 39.2 Å². The van der Waals surface area contributed by atoms with E-state index in [0.717, 1.165) is 5.56 Å². The number of benzene rings is 3. The van der Waals surface area contributed by atoms with Gasteiger partial charge in [0.2, 0.25) is 0 Å². The first kappa shape index (κ1) is 25.4. The average Bonchev–Trinajstić information content (AvgIpc) is 2.83. The molecule has 3 N–H and O–H groups in total. The molecule has 0 aromatic heterocycles. The number of para-hydroxylation sites is 1. The summed E-state index contributed by atoms with van der Waals surface area (Å²) < 4.78 is 33.1. The van der Waals surface area contributed by atoms with E-state index < -0.39 is 27.8 Å². The Balaban J connectivity index is 1.80. The summed E-state index contributed by atoms with van der Waals surface area (Å²) >= 11 is 0. The minimum absolute atomic E-state index is 0.0990. The van der Waals surface area contributed by atoms with Crippen LogP contribution in [0.15, 0.2) is 71.6 Å². The van der Waals surface area contributed by atoms with Crippen LogP contribution in [0, 0.1) is 13.8 Å². The standard InChI is InChI=1S/C25H25N3O6S/c1-16-11-12-17(2)22(13-16)35(32,33)28-21-10-5-4-9-20(21)25(31)27-19-8-6-7-18(14-19)24(30)26-15-23(29)34-3/h4-14,28H,15H2,1-3H3,(H,26,30)(H,27,31). The van der Waals surface area contributed by atoms with E-state index >= 15 is 0 Å². The number of carbonyl (C=O) groups is 3. The van der Waals surface area contributed by atoms with E-state index in [1.807, 2.05) is 6.07 Å². The van der Waals surface area contributed by atoms with Gasteiger partial charge in [-0.2, -0.15) is 0 Å². The second-order valence-electron chi connectivity index (χ2n) is 7.71. The lowest BCUT2D eigenvalue weighted by Crippen LogP contribution is -2.30. The molecule has 0 atom stereocenters. The van der Waals surface area contributed by atoms with Crippen molar-refractivity contribution in [1.82, 2.24) is 5.32 Å². The van der Waals surface area contributed by atoms with Crippen LogP contribution in [0.4, 0.5) is 11.4 Å². The molecule has 0 aliphatic carbocycles. The van der Waals surface area contributed by atoms with Gasteiger partial charge in [0.25, 0.3) is 21.8 Å². The van der Waals surface area contributed by atoms with Gasteiger partial charge < -0.3 is 15.4 Å². The number of nitrogens with one attached hydrogen (secondary N) is 3. The maximum absolute atomic E-state index is 13.0. The van der Waals surface area contributed by atoms with Crippen LogP contribution in [0.25, 0.3) is 0 Å². The van der Waals surface area contributed by atoms with E-state index in [9.17, 15) is 22.8 Å². The molecule has 35 heavy (non-hydrogen) atoms. The third kappa shape index (κ3) is 6.45. The highest BCUT2D eigenvalue weighted by Gasteiger charge is 2.21. The van der Waals surface area contributed by atoms with Crippen LogP contribution in [0.5, 0.6) is 0 Å². The van der Waals surface area contributed by atoms with Gasteiger partial charge in [-0.25, -0.2) is 8.42 Å². The number of rotatable bonds is 8. The first-order valence-electron chi connectivity index (χ1n) is 10.6. The Hall–Kier alpha value is -4.18. The minimum Gasteiger partial charge on any atom is -0.468 e. The van der Waals surface area contributed by atoms with Crippen molar-refractivity contribution in [3.63, 3.8) is 0 Å². The lowest BCUT2D eigenvalue weighted by Gasteiger charge is -2.14. The molecule has 0 saturated carbocycles. The second-order valence-corrected chi connectivity index (χ2v) is 9.36. The highest BCUT2D eigenvalue weighted by molar-refractivity contribution is 7.92. The zero-order chi connectivity index (χ0) is 25.6. The molecule has 0 aliphatic heterocycles. The lowest BCUT2D eigenvalue weighted by molar-refractivity contribution is -0.139. The highest BCUT2D eigenvalue weighted by Crippen LogP contribution is 2.24. The number of carbonyl (C=O) groups excluding carboxylic acids is 3. The SMILES string of the molecule is COC(=O)CNC(=O)c1cccc(NC(=O)c2ccccc2NS(=O)(=O)c2cc(C)ccc2C)c1. The van der Waals surface area contributed by atoms with Gasteiger partial charge in [-0.1, -0.05) is 30.3 Å². The van der Waals surface area contributed by atoms with Crippen LogP contribution in [-0.2, 0) is 19.6 Å². The first-order chi connectivity index (χ1) is 16.6. The fourth-order valence-corrected chi connectivity index (χ4v) is 4.64. The van der Waals surface area contributed by atoms with Crippen molar-refractivity contribution in [3.05, 3.63) is 89.0 Å². The van der Waals surface area contributed by atoms with E-state index in [1.54, 1.807) is 50.2 Å². The zero-order valence-corrected chi connectivity index (χ0v) is 20.2. The number of anilines is 2. The Morgan fingerprint density at radius 3 is 2.37 bits per heavy atom. The van der Waals surface area contributed by atoms with Gasteiger partial charge in [0.15, 0.2) is 0 Å². The summed E-state index contributed by atoms with van der Waals surface area (Å²) in [5, 5.41) is 5.09. The highest BCUT2D eigenvalue weighted by atomic mass is 32.2. The number of esters is 1. The molecule has 0 heterocycles. The molecule has 0 unspecified atom stereocenters. The van der Waals surface area contributed by atoms with Gasteiger partial charge in [-0.05, 0) is 61.4 Å². The van der Waals surface area contributed by atoms with Gasteiger partial charge in [0.05, 0.1) is 23.3 Å². The normalized spacial score (nSPS) is 10.8. The number of aryl methyl sites for hydroxylation is 2. The maximum atomic E-state index is 13.0. The van der Waals surface area contributed by atoms with E-state index in [2.05, 4.69) is 20.1 Å². The molecular formula is C25H25N3O6S. The molecule has 0 fully saturated rings. The Kier molecular flexibility index (Phi) is 7.87. The zero-order valence-electron chi connectivity index (χ0n) is 19.4. The summed E-state index contributed by atoms with van der Waals surface area (Å²) in [6, 6.07) is 17.4. The van der Waals surface area contributed by atoms with Crippen molar-refractivity contribution in [2.75, 3.05) is 23.7 Å². The topological polar surface area (TPSA) is 131 Å². The van der Waals surface area contributed by atoms with Crippen LogP contribution < -0.4 is 15.4 Å². The minimum atomic E-state index is -3.95. The number of hydrogen-bond donors (Lipinski definition) is 3. The first-order valence-corrected chi connectivity index (χ1v) is 12.0. The molecule has 9 nitrogen and oxygen atoms in total. The largest absolute Gasteiger partial charge is 0.468 e. The van der Waals surface area contributed by atoms with E-state index in [4.69, 9.17) is 0 Å². The van der Waals surface area contributed by atoms with Crippen LogP contribution >= 0.6 is 0 Å². The average molecular weight is 496 g/mol. The van der Waals surface area contributed by atoms with Crippen molar-refractivity contribution in [2.24, 2.45) is 0 Å². The molecular weight excluding hydrogens is 470 g/mol. The van der Waals surface area contributed by atoms with Gasteiger partial charge in [0, 0.05) is 11.3 Å². The number of ether oxygens (including phenoxy) is 1. The Bertz CT molecular complexity index is 1390. The van der Waals surface area contributed by atoms with Crippen LogP contribution in [0.3, 0.4) is 0 Å². The fourth-order valence-electron chi connectivity index (χ4n) is 3.23. The Labute approximate surface area is 203 Å². The third-order valence-corrected chi connectivity index (χ3v) is 6.56. The summed E-state index contributed by atoms with van der Waals surface area (Å²) in [5.41, 5.74) is 2.10. The van der Waals surface area contributed by atoms with Gasteiger partial charge in [-0.15, -0.1) is 0 Å². The number of amides is 2. The summed E-state index contributed by atoms with van der Waals surface area (Å²) in [5.74, 6) is -1.69. The molecule has 3 aromatic rings. The molecule has 0 saturated heterocycles. The summed E-state index contributed by atoms with van der Waals surface area (Å²) in [6.45, 7) is 3.20.